The van der Waals surface area contributed by atoms with Gasteiger partial charge >= 0.3 is 0 Å². The average molecular weight is 250 g/mol. The van der Waals surface area contributed by atoms with Crippen LogP contribution in [0.25, 0.3) is 0 Å². The maximum Gasteiger partial charge on any atom is 0.239 e. The number of H-pyrrole nitrogens is 1. The van der Waals surface area contributed by atoms with Crippen molar-refractivity contribution < 1.29 is 4.79 Å². The molecule has 1 heterocycles. The van der Waals surface area contributed by atoms with Crippen molar-refractivity contribution in [2.75, 3.05) is 11.9 Å². The third-order valence-corrected chi connectivity index (χ3v) is 3.32. The predicted molar refractivity (Wildman–Crippen MR) is 71.5 cm³/mol. The lowest BCUT2D eigenvalue weighted by atomic mass is 10.2. The van der Waals surface area contributed by atoms with Crippen molar-refractivity contribution in [3.63, 3.8) is 0 Å². The summed E-state index contributed by atoms with van der Waals surface area (Å²) >= 11 is 0. The van der Waals surface area contributed by atoms with Crippen LogP contribution in [0.15, 0.2) is 6.07 Å². The maximum absolute atomic E-state index is 11.7. The molecule has 0 atom stereocenters. The summed E-state index contributed by atoms with van der Waals surface area (Å²) in [5.74, 6) is 0.605. The molecule has 0 saturated heterocycles. The van der Waals surface area contributed by atoms with E-state index in [0.717, 1.165) is 18.5 Å². The second-order valence-corrected chi connectivity index (χ2v) is 4.94. The first-order chi connectivity index (χ1) is 8.78. The molecular weight excluding hydrogens is 228 g/mol. The smallest absolute Gasteiger partial charge is 0.239 e. The van der Waals surface area contributed by atoms with E-state index in [-0.39, 0.29) is 5.91 Å². The summed E-state index contributed by atoms with van der Waals surface area (Å²) in [6, 6.07) is 2.42. The van der Waals surface area contributed by atoms with Crippen molar-refractivity contribution in [3.05, 3.63) is 11.8 Å². The molecule has 0 aromatic carbocycles. The largest absolute Gasteiger partial charge is 0.308 e. The number of amides is 1. The SMILES string of the molecule is CCCc1cc(NC(=O)CNC2CCCC2)n[nH]1. The summed E-state index contributed by atoms with van der Waals surface area (Å²) in [5, 5.41) is 13.1. The standard InChI is InChI=1S/C13H22N4O/c1-2-5-11-8-12(17-16-11)15-13(18)9-14-10-6-3-4-7-10/h8,10,14H,2-7,9H2,1H3,(H2,15,16,17,18). The Balaban J connectivity index is 1.72. The van der Waals surface area contributed by atoms with E-state index in [0.29, 0.717) is 18.4 Å². The van der Waals surface area contributed by atoms with Crippen molar-refractivity contribution in [2.24, 2.45) is 0 Å². The van der Waals surface area contributed by atoms with Crippen LogP contribution in [-0.4, -0.2) is 28.7 Å². The van der Waals surface area contributed by atoms with E-state index in [9.17, 15) is 4.79 Å². The van der Waals surface area contributed by atoms with Crippen LogP contribution in [0.2, 0.25) is 0 Å². The molecule has 1 aliphatic carbocycles. The Labute approximate surface area is 108 Å². The molecule has 1 saturated carbocycles. The highest BCUT2D eigenvalue weighted by Crippen LogP contribution is 2.17. The molecule has 100 valence electrons. The second kappa shape index (κ2) is 6.54. The van der Waals surface area contributed by atoms with Crippen LogP contribution >= 0.6 is 0 Å². The number of hydrogen-bond donors (Lipinski definition) is 3. The zero-order valence-electron chi connectivity index (χ0n) is 11.0. The van der Waals surface area contributed by atoms with Gasteiger partial charge in [-0.2, -0.15) is 5.10 Å². The van der Waals surface area contributed by atoms with Crippen LogP contribution < -0.4 is 10.6 Å². The molecule has 3 N–H and O–H groups in total. The highest BCUT2D eigenvalue weighted by atomic mass is 16.2. The monoisotopic (exact) mass is 250 g/mol. The van der Waals surface area contributed by atoms with Gasteiger partial charge < -0.3 is 10.6 Å². The van der Waals surface area contributed by atoms with Gasteiger partial charge in [-0.1, -0.05) is 26.2 Å². The zero-order chi connectivity index (χ0) is 12.8. The summed E-state index contributed by atoms with van der Waals surface area (Å²) in [6.45, 7) is 2.49. The Kier molecular flexibility index (Phi) is 4.75. The third kappa shape index (κ3) is 3.84. The normalized spacial score (nSPS) is 16.1. The minimum absolute atomic E-state index is 0.0172. The first-order valence-corrected chi connectivity index (χ1v) is 6.85. The number of nitrogens with zero attached hydrogens (tertiary/aromatic N) is 1. The molecule has 1 fully saturated rings. The summed E-state index contributed by atoms with van der Waals surface area (Å²) < 4.78 is 0. The summed E-state index contributed by atoms with van der Waals surface area (Å²) in [6.07, 6.45) is 6.97. The predicted octanol–water partition coefficient (Wildman–Crippen LogP) is 1.83. The van der Waals surface area contributed by atoms with E-state index in [1.165, 1.54) is 25.7 Å². The number of aromatic amines is 1. The fourth-order valence-corrected chi connectivity index (χ4v) is 2.38. The van der Waals surface area contributed by atoms with E-state index in [1.807, 2.05) is 6.07 Å². The molecule has 0 aliphatic heterocycles. The maximum atomic E-state index is 11.7. The van der Waals surface area contributed by atoms with E-state index in [1.54, 1.807) is 0 Å². The molecule has 1 aliphatic rings. The van der Waals surface area contributed by atoms with Crippen molar-refractivity contribution in [2.45, 2.75) is 51.5 Å². The van der Waals surface area contributed by atoms with Crippen molar-refractivity contribution in [1.29, 1.82) is 0 Å². The van der Waals surface area contributed by atoms with Crippen molar-refractivity contribution in [1.82, 2.24) is 15.5 Å². The molecule has 0 unspecified atom stereocenters. The fraction of sp³-hybridized carbons (Fsp3) is 0.692. The minimum Gasteiger partial charge on any atom is -0.308 e. The quantitative estimate of drug-likeness (QED) is 0.721. The zero-order valence-corrected chi connectivity index (χ0v) is 11.0. The average Bonchev–Trinajstić information content (AvgIpc) is 2.99. The van der Waals surface area contributed by atoms with E-state index in [4.69, 9.17) is 0 Å². The molecule has 1 amide bonds. The second-order valence-electron chi connectivity index (χ2n) is 4.94. The van der Waals surface area contributed by atoms with E-state index < -0.39 is 0 Å². The lowest BCUT2D eigenvalue weighted by Crippen LogP contribution is -2.34. The Morgan fingerprint density at radius 1 is 1.50 bits per heavy atom. The van der Waals surface area contributed by atoms with Gasteiger partial charge in [0.25, 0.3) is 0 Å². The van der Waals surface area contributed by atoms with Crippen LogP contribution in [0, 0.1) is 0 Å². The van der Waals surface area contributed by atoms with Gasteiger partial charge in [-0.15, -0.1) is 0 Å². The molecule has 5 heteroatoms. The molecule has 18 heavy (non-hydrogen) atoms. The van der Waals surface area contributed by atoms with Crippen LogP contribution in [0.1, 0.15) is 44.7 Å². The topological polar surface area (TPSA) is 69.8 Å². The van der Waals surface area contributed by atoms with Crippen molar-refractivity contribution >= 4 is 11.7 Å². The van der Waals surface area contributed by atoms with Gasteiger partial charge in [-0.3, -0.25) is 9.89 Å². The highest BCUT2D eigenvalue weighted by Gasteiger charge is 2.15. The van der Waals surface area contributed by atoms with E-state index in [2.05, 4.69) is 27.8 Å². The van der Waals surface area contributed by atoms with E-state index >= 15 is 0 Å². The number of aryl methyl sites for hydroxylation is 1. The molecule has 0 spiro atoms. The van der Waals surface area contributed by atoms with Gasteiger partial charge in [0.1, 0.15) is 0 Å². The molecule has 0 radical (unpaired) electrons. The van der Waals surface area contributed by atoms with Gasteiger partial charge in [-0.25, -0.2) is 0 Å². The molecule has 0 bridgehead atoms. The van der Waals surface area contributed by atoms with Crippen LogP contribution in [0.3, 0.4) is 0 Å². The Hall–Kier alpha value is -1.36. The molecule has 1 aromatic heterocycles. The number of nitrogens with one attached hydrogen (secondary N) is 3. The van der Waals surface area contributed by atoms with Gasteiger partial charge in [0.2, 0.25) is 5.91 Å². The van der Waals surface area contributed by atoms with Gasteiger partial charge in [-0.05, 0) is 19.3 Å². The number of hydrogen-bond acceptors (Lipinski definition) is 3. The van der Waals surface area contributed by atoms with Gasteiger partial charge in [0.05, 0.1) is 6.54 Å². The molecule has 2 rings (SSSR count). The first kappa shape index (κ1) is 13.1. The number of carbonyl (C=O) groups is 1. The number of anilines is 1. The van der Waals surface area contributed by atoms with Crippen LogP contribution in [0.4, 0.5) is 5.82 Å². The molecule has 1 aromatic rings. The minimum atomic E-state index is -0.0172. The number of rotatable bonds is 6. The van der Waals surface area contributed by atoms with Gasteiger partial charge in [0.15, 0.2) is 5.82 Å². The lowest BCUT2D eigenvalue weighted by molar-refractivity contribution is -0.115. The lowest BCUT2D eigenvalue weighted by Gasteiger charge is -2.10. The van der Waals surface area contributed by atoms with Crippen molar-refractivity contribution in [3.8, 4) is 0 Å². The summed E-state index contributed by atoms with van der Waals surface area (Å²) in [4.78, 5) is 11.7. The van der Waals surface area contributed by atoms with Crippen LogP contribution in [0.5, 0.6) is 0 Å². The molecular formula is C13H22N4O. The van der Waals surface area contributed by atoms with Crippen LogP contribution in [-0.2, 0) is 11.2 Å². The Morgan fingerprint density at radius 2 is 2.28 bits per heavy atom. The summed E-state index contributed by atoms with van der Waals surface area (Å²) in [5.41, 5.74) is 1.07. The molecule has 5 nitrogen and oxygen atoms in total. The number of carbonyl (C=O) groups excluding carboxylic acids is 1. The Bertz CT molecular complexity index is 382. The van der Waals surface area contributed by atoms with Gasteiger partial charge in [0, 0.05) is 17.8 Å². The highest BCUT2D eigenvalue weighted by molar-refractivity contribution is 5.91. The number of aromatic nitrogens is 2. The fourth-order valence-electron chi connectivity index (χ4n) is 2.38. The third-order valence-electron chi connectivity index (χ3n) is 3.32. The first-order valence-electron chi connectivity index (χ1n) is 6.85. The summed E-state index contributed by atoms with van der Waals surface area (Å²) in [7, 11) is 0. The Morgan fingerprint density at radius 3 is 3.00 bits per heavy atom.